The Morgan fingerprint density at radius 1 is 0.821 bits per heavy atom. The van der Waals surface area contributed by atoms with Crippen LogP contribution in [0.2, 0.25) is 0 Å². The Labute approximate surface area is 220 Å². The van der Waals surface area contributed by atoms with Gasteiger partial charge in [-0.05, 0) is 35.7 Å². The molecule has 0 fully saturated rings. The number of halogens is 6. The molecule has 0 amide bonds. The first kappa shape index (κ1) is 34.0. The molecule has 3 rings (SSSR count). The third kappa shape index (κ3) is 9.61. The SMILES string of the molecule is COc1cccc2cc(-c3ccc([N+](C)(C)C)cc3)[n+](C)cc12.O=S(=O)([O-])C(F)(F)F.O=S(=O)([O-])C(F)(F)F. The fourth-order valence-electron chi connectivity index (χ4n) is 2.88. The van der Waals surface area contributed by atoms with Crippen molar-refractivity contribution in [3.63, 3.8) is 0 Å². The molecule has 0 aliphatic heterocycles. The highest BCUT2D eigenvalue weighted by Gasteiger charge is 2.37. The monoisotopic (exact) mass is 606 g/mol. The van der Waals surface area contributed by atoms with Gasteiger partial charge in [-0.1, -0.05) is 12.1 Å². The summed E-state index contributed by atoms with van der Waals surface area (Å²) in [6, 6.07) is 17.2. The molecule has 3 aromatic rings. The maximum Gasteiger partial charge on any atom is 0.485 e. The van der Waals surface area contributed by atoms with Crippen molar-refractivity contribution in [1.29, 1.82) is 0 Å². The molecule has 0 aliphatic carbocycles. The van der Waals surface area contributed by atoms with E-state index in [2.05, 4.69) is 75.4 Å². The van der Waals surface area contributed by atoms with Gasteiger partial charge >= 0.3 is 11.0 Å². The van der Waals surface area contributed by atoms with Crippen molar-refractivity contribution in [2.45, 2.75) is 11.0 Å². The molecule has 1 aromatic heterocycles. The van der Waals surface area contributed by atoms with Crippen LogP contribution in [0.1, 0.15) is 0 Å². The van der Waals surface area contributed by atoms with Crippen LogP contribution >= 0.6 is 0 Å². The summed E-state index contributed by atoms with van der Waals surface area (Å²) in [5.41, 5.74) is -7.59. The molecule has 0 radical (unpaired) electrons. The molecule has 9 nitrogen and oxygen atoms in total. The summed E-state index contributed by atoms with van der Waals surface area (Å²) in [6.45, 7) is 0. The topological polar surface area (TPSA) is 128 Å². The molecule has 0 saturated heterocycles. The van der Waals surface area contributed by atoms with Crippen molar-refractivity contribution >= 4 is 36.7 Å². The number of ether oxygens (including phenoxy) is 1. The lowest BCUT2D eigenvalue weighted by Gasteiger charge is -2.23. The molecule has 39 heavy (non-hydrogen) atoms. The number of hydrogen-bond donors (Lipinski definition) is 0. The number of nitrogens with zero attached hydrogens (tertiary/aromatic N) is 2. The second-order valence-corrected chi connectivity index (χ2v) is 11.3. The lowest BCUT2D eigenvalue weighted by Crippen LogP contribution is -2.34. The first-order valence-electron chi connectivity index (χ1n) is 10.3. The van der Waals surface area contributed by atoms with E-state index in [4.69, 9.17) is 30.7 Å². The Kier molecular flexibility index (Phi) is 10.5. The van der Waals surface area contributed by atoms with Crippen LogP contribution in [0.5, 0.6) is 5.75 Å². The van der Waals surface area contributed by atoms with Crippen LogP contribution < -0.4 is 13.8 Å². The third-order valence-electron chi connectivity index (χ3n) is 4.82. The summed E-state index contributed by atoms with van der Waals surface area (Å²) in [6.07, 6.45) is 2.14. The van der Waals surface area contributed by atoms with E-state index in [1.54, 1.807) is 7.11 Å². The van der Waals surface area contributed by atoms with Gasteiger partial charge < -0.3 is 13.8 Å². The standard InChI is InChI=1S/C20H24N2O.2CHF3O3S/c1-21-14-18-16(7-6-8-20(18)23-5)13-19(21)15-9-11-17(12-10-15)22(2,3)4;2*2-1(3,4)8(5,6)7/h6-14H,1-5H3;2*(H,5,6,7)/q+2;;/p-2. The molecule has 0 unspecified atom stereocenters. The smallest absolute Gasteiger partial charge is 0.485 e. The zero-order chi connectivity index (χ0) is 30.6. The Morgan fingerprint density at radius 2 is 1.26 bits per heavy atom. The van der Waals surface area contributed by atoms with E-state index in [0.29, 0.717) is 0 Å². The van der Waals surface area contributed by atoms with Crippen LogP contribution in [0.4, 0.5) is 32.0 Å². The number of aromatic nitrogens is 1. The van der Waals surface area contributed by atoms with Crippen molar-refractivity contribution in [2.75, 3.05) is 28.3 Å². The normalized spacial score (nSPS) is 12.6. The van der Waals surface area contributed by atoms with Crippen molar-refractivity contribution in [3.05, 3.63) is 54.7 Å². The van der Waals surface area contributed by atoms with Gasteiger partial charge in [-0.2, -0.15) is 26.3 Å². The summed E-state index contributed by atoms with van der Waals surface area (Å²) in [5, 5.41) is 2.32. The van der Waals surface area contributed by atoms with Gasteiger partial charge in [0.2, 0.25) is 5.69 Å². The highest BCUT2D eigenvalue weighted by molar-refractivity contribution is 7.86. The molecule has 0 spiro atoms. The minimum Gasteiger partial charge on any atom is -0.741 e. The lowest BCUT2D eigenvalue weighted by atomic mass is 10.1. The molecule has 1 heterocycles. The first-order chi connectivity index (χ1) is 17.4. The molecular formula is C22H24F6N2O7S2. The molecule has 218 valence electrons. The minimum atomic E-state index is -6.09. The van der Waals surface area contributed by atoms with E-state index in [1.807, 2.05) is 12.1 Å². The second-order valence-electron chi connectivity index (χ2n) is 8.59. The van der Waals surface area contributed by atoms with Gasteiger partial charge in [0.15, 0.2) is 26.4 Å². The van der Waals surface area contributed by atoms with E-state index in [1.165, 1.54) is 22.3 Å². The molecule has 0 aliphatic rings. The van der Waals surface area contributed by atoms with E-state index >= 15 is 0 Å². The van der Waals surface area contributed by atoms with Gasteiger partial charge in [0.1, 0.15) is 18.5 Å². The fourth-order valence-corrected chi connectivity index (χ4v) is 2.88. The number of rotatable bonds is 3. The van der Waals surface area contributed by atoms with E-state index < -0.39 is 31.3 Å². The zero-order valence-corrected chi connectivity index (χ0v) is 22.7. The van der Waals surface area contributed by atoms with Gasteiger partial charge in [-0.25, -0.2) is 21.4 Å². The number of benzene rings is 2. The number of fused-ring (bicyclic) bond motifs is 1. The number of alkyl halides is 6. The predicted octanol–water partition coefficient (Wildman–Crippen LogP) is 3.64. The maximum absolute atomic E-state index is 10.7. The molecule has 0 bridgehead atoms. The Morgan fingerprint density at radius 3 is 1.62 bits per heavy atom. The third-order valence-corrected chi connectivity index (χ3v) is 5.95. The van der Waals surface area contributed by atoms with Gasteiger partial charge in [0, 0.05) is 11.6 Å². The van der Waals surface area contributed by atoms with E-state index in [9.17, 15) is 26.3 Å². The summed E-state index contributed by atoms with van der Waals surface area (Å²) in [7, 11) is -1.85. The van der Waals surface area contributed by atoms with Crippen LogP contribution in [-0.2, 0) is 27.3 Å². The highest BCUT2D eigenvalue weighted by atomic mass is 32.2. The number of hydrogen-bond acceptors (Lipinski definition) is 7. The Hall–Kier alpha value is -2.99. The number of methoxy groups -OCH3 is 1. The summed E-state index contributed by atoms with van der Waals surface area (Å²) < 4.78 is 126. The average molecular weight is 607 g/mol. The van der Waals surface area contributed by atoms with Crippen molar-refractivity contribution < 1.29 is 61.6 Å². The van der Waals surface area contributed by atoms with Crippen LogP contribution in [0.25, 0.3) is 22.0 Å². The van der Waals surface area contributed by atoms with Gasteiger partial charge in [0.05, 0.1) is 33.6 Å². The molecule has 2 aromatic carbocycles. The second kappa shape index (κ2) is 12.0. The molecular weight excluding hydrogens is 582 g/mol. The molecule has 0 saturated carbocycles. The minimum absolute atomic E-state index is 0.821. The Balaban J connectivity index is 0.000000393. The summed E-state index contributed by atoms with van der Waals surface area (Å²) in [4.78, 5) is 0. The molecule has 0 atom stereocenters. The van der Waals surface area contributed by atoms with Crippen molar-refractivity contribution in [3.8, 4) is 17.0 Å². The van der Waals surface area contributed by atoms with Crippen molar-refractivity contribution in [2.24, 2.45) is 7.05 Å². The van der Waals surface area contributed by atoms with Crippen LogP contribution in [0.15, 0.2) is 54.7 Å². The van der Waals surface area contributed by atoms with Crippen molar-refractivity contribution in [1.82, 2.24) is 4.48 Å². The zero-order valence-electron chi connectivity index (χ0n) is 21.0. The number of pyridine rings is 1. The highest BCUT2D eigenvalue weighted by Crippen LogP contribution is 2.28. The van der Waals surface area contributed by atoms with E-state index in [0.717, 1.165) is 15.6 Å². The van der Waals surface area contributed by atoms with Gasteiger partial charge in [0.25, 0.3) is 0 Å². The van der Waals surface area contributed by atoms with E-state index in [-0.39, 0.29) is 0 Å². The van der Waals surface area contributed by atoms with Crippen LogP contribution in [0.3, 0.4) is 0 Å². The lowest BCUT2D eigenvalue weighted by molar-refractivity contribution is -0.659. The predicted molar refractivity (Wildman–Crippen MR) is 128 cm³/mol. The largest absolute Gasteiger partial charge is 0.741 e. The quantitative estimate of drug-likeness (QED) is 0.146. The number of quaternary nitrogens is 1. The first-order valence-corrected chi connectivity index (χ1v) is 13.1. The summed E-state index contributed by atoms with van der Waals surface area (Å²) >= 11 is 0. The van der Waals surface area contributed by atoms with Gasteiger partial charge in [-0.3, -0.25) is 4.48 Å². The Bertz CT molecular complexity index is 1460. The average Bonchev–Trinajstić information content (AvgIpc) is 2.76. The van der Waals surface area contributed by atoms with Gasteiger partial charge in [-0.15, -0.1) is 0 Å². The molecule has 0 N–H and O–H groups in total. The van der Waals surface area contributed by atoms with Crippen LogP contribution in [-0.4, -0.2) is 65.2 Å². The fraction of sp³-hybridized carbons (Fsp3) is 0.318. The van der Waals surface area contributed by atoms with Crippen LogP contribution in [0, 0.1) is 0 Å². The maximum atomic E-state index is 10.7. The number of aryl methyl sites for hydroxylation is 1. The summed E-state index contributed by atoms with van der Waals surface area (Å²) in [5.74, 6) is 0.907. The molecule has 17 heteroatoms.